The molecule has 0 aliphatic carbocycles. The van der Waals surface area contributed by atoms with Crippen LogP contribution in [0.15, 0.2) is 34.2 Å². The molecule has 0 saturated carbocycles. The molecule has 7 nitrogen and oxygen atoms in total. The molecule has 2 aromatic rings. The minimum atomic E-state index is -0.522. The molecule has 0 bridgehead atoms. The molecule has 0 aliphatic rings. The molecular formula is C13H15N5O2. The molecule has 0 saturated heterocycles. The molecule has 0 unspecified atom stereocenters. The Morgan fingerprint density at radius 2 is 2.35 bits per heavy atom. The summed E-state index contributed by atoms with van der Waals surface area (Å²) in [5.74, 6) is 1.11. The Bertz CT molecular complexity index is 666. The third-order valence-corrected chi connectivity index (χ3v) is 2.43. The molecule has 0 spiro atoms. The molecule has 1 aromatic heterocycles. The van der Waals surface area contributed by atoms with Gasteiger partial charge in [0.1, 0.15) is 11.4 Å². The largest absolute Gasteiger partial charge is 0.494 e. The smallest absolute Gasteiger partial charge is 0.363 e. The van der Waals surface area contributed by atoms with Crippen molar-refractivity contribution in [3.8, 4) is 5.75 Å². The number of anilines is 1. The van der Waals surface area contributed by atoms with Crippen LogP contribution < -0.4 is 15.9 Å². The van der Waals surface area contributed by atoms with Gasteiger partial charge in [-0.05, 0) is 31.5 Å². The van der Waals surface area contributed by atoms with E-state index in [1.54, 1.807) is 13.1 Å². The van der Waals surface area contributed by atoms with E-state index in [1.165, 1.54) is 0 Å². The van der Waals surface area contributed by atoms with Gasteiger partial charge in [-0.15, -0.1) is 0 Å². The second-order valence-electron chi connectivity index (χ2n) is 3.95. The zero-order chi connectivity index (χ0) is 14.4. The van der Waals surface area contributed by atoms with Gasteiger partial charge in [-0.1, -0.05) is 12.1 Å². The minimum Gasteiger partial charge on any atom is -0.494 e. The number of ether oxygens (including phenoxy) is 1. The minimum absolute atomic E-state index is 0.325. The normalized spacial score (nSPS) is 10.7. The van der Waals surface area contributed by atoms with E-state index in [0.29, 0.717) is 18.1 Å². The van der Waals surface area contributed by atoms with Crippen LogP contribution in [0.2, 0.25) is 0 Å². The van der Waals surface area contributed by atoms with E-state index in [4.69, 9.17) is 4.74 Å². The van der Waals surface area contributed by atoms with Crippen molar-refractivity contribution in [1.29, 1.82) is 0 Å². The molecule has 0 radical (unpaired) electrons. The van der Waals surface area contributed by atoms with Gasteiger partial charge in [0.2, 0.25) is 0 Å². The highest BCUT2D eigenvalue weighted by atomic mass is 16.5. The Kier molecular flexibility index (Phi) is 4.43. The Morgan fingerprint density at radius 3 is 3.15 bits per heavy atom. The van der Waals surface area contributed by atoms with Crippen LogP contribution in [0, 0.1) is 6.92 Å². The summed E-state index contributed by atoms with van der Waals surface area (Å²) in [7, 11) is 0. The van der Waals surface area contributed by atoms with Crippen LogP contribution in [0.25, 0.3) is 0 Å². The van der Waals surface area contributed by atoms with E-state index in [-0.39, 0.29) is 0 Å². The summed E-state index contributed by atoms with van der Waals surface area (Å²) >= 11 is 0. The van der Waals surface area contributed by atoms with E-state index >= 15 is 0 Å². The number of H-pyrrole nitrogens is 1. The van der Waals surface area contributed by atoms with E-state index in [9.17, 15) is 4.79 Å². The topological polar surface area (TPSA) is 92.3 Å². The summed E-state index contributed by atoms with van der Waals surface area (Å²) in [5, 5.41) is 10.1. The van der Waals surface area contributed by atoms with Gasteiger partial charge < -0.3 is 4.74 Å². The van der Waals surface area contributed by atoms with Crippen molar-refractivity contribution >= 4 is 12.0 Å². The maximum atomic E-state index is 11.1. The van der Waals surface area contributed by atoms with Crippen LogP contribution in [0.3, 0.4) is 0 Å². The Morgan fingerprint density at radius 1 is 1.50 bits per heavy atom. The van der Waals surface area contributed by atoms with Crippen molar-refractivity contribution in [2.24, 2.45) is 5.10 Å². The van der Waals surface area contributed by atoms with Gasteiger partial charge in [0.05, 0.1) is 12.8 Å². The van der Waals surface area contributed by atoms with Crippen LogP contribution in [0.1, 0.15) is 18.2 Å². The van der Waals surface area contributed by atoms with Crippen LogP contribution in [-0.2, 0) is 0 Å². The standard InChI is InChI=1S/C13H15N5O2/c1-3-20-11-6-4-5-10(7-11)8-14-17-12-9(2)16-18-13(19)15-12/h4-8H,3H2,1-2H3,(H2,15,17,18,19)/b14-8+. The van der Waals surface area contributed by atoms with E-state index in [0.717, 1.165) is 11.3 Å². The quantitative estimate of drug-likeness (QED) is 0.633. The summed E-state index contributed by atoms with van der Waals surface area (Å²) in [5.41, 5.74) is 3.60. The molecule has 104 valence electrons. The van der Waals surface area contributed by atoms with Crippen molar-refractivity contribution in [3.05, 3.63) is 46.0 Å². The summed E-state index contributed by atoms with van der Waals surface area (Å²) in [6, 6.07) is 7.51. The van der Waals surface area contributed by atoms with Gasteiger partial charge in [-0.25, -0.2) is 9.89 Å². The van der Waals surface area contributed by atoms with Gasteiger partial charge >= 0.3 is 5.69 Å². The first-order chi connectivity index (χ1) is 9.69. The lowest BCUT2D eigenvalue weighted by Crippen LogP contribution is -2.15. The van der Waals surface area contributed by atoms with E-state index in [1.807, 2.05) is 31.2 Å². The Hall–Kier alpha value is -2.70. The fourth-order valence-electron chi connectivity index (χ4n) is 1.52. The lowest BCUT2D eigenvalue weighted by Gasteiger charge is -2.03. The van der Waals surface area contributed by atoms with Crippen LogP contribution in [-0.4, -0.2) is 28.0 Å². The van der Waals surface area contributed by atoms with Gasteiger partial charge in [-0.2, -0.15) is 15.2 Å². The predicted octanol–water partition coefficient (Wildman–Crippen LogP) is 1.32. The molecule has 0 amide bonds. The molecule has 20 heavy (non-hydrogen) atoms. The lowest BCUT2D eigenvalue weighted by molar-refractivity contribution is 0.340. The zero-order valence-electron chi connectivity index (χ0n) is 11.3. The van der Waals surface area contributed by atoms with Crippen molar-refractivity contribution in [1.82, 2.24) is 15.2 Å². The van der Waals surface area contributed by atoms with Gasteiger partial charge in [0.15, 0.2) is 5.82 Å². The molecule has 1 heterocycles. The van der Waals surface area contributed by atoms with Gasteiger partial charge in [0.25, 0.3) is 0 Å². The van der Waals surface area contributed by atoms with E-state index < -0.39 is 5.69 Å². The van der Waals surface area contributed by atoms with Crippen molar-refractivity contribution in [3.63, 3.8) is 0 Å². The zero-order valence-corrected chi connectivity index (χ0v) is 11.3. The van der Waals surface area contributed by atoms with E-state index in [2.05, 4.69) is 25.7 Å². The highest BCUT2D eigenvalue weighted by Gasteiger charge is 2.00. The number of hydrogen-bond donors (Lipinski definition) is 2. The highest BCUT2D eigenvalue weighted by Crippen LogP contribution is 2.12. The Labute approximate surface area is 115 Å². The number of hydrazone groups is 1. The number of benzene rings is 1. The second-order valence-corrected chi connectivity index (χ2v) is 3.95. The fraction of sp³-hybridized carbons (Fsp3) is 0.231. The first kappa shape index (κ1) is 13.7. The lowest BCUT2D eigenvalue weighted by atomic mass is 10.2. The molecule has 0 aliphatic heterocycles. The van der Waals surface area contributed by atoms with Crippen LogP contribution in [0.5, 0.6) is 5.75 Å². The number of nitrogens with zero attached hydrogens (tertiary/aromatic N) is 3. The predicted molar refractivity (Wildman–Crippen MR) is 76.2 cm³/mol. The third-order valence-electron chi connectivity index (χ3n) is 2.43. The summed E-state index contributed by atoms with van der Waals surface area (Å²) in [6.07, 6.45) is 1.62. The number of aromatic amines is 1. The molecule has 7 heteroatoms. The van der Waals surface area contributed by atoms with Crippen LogP contribution >= 0.6 is 0 Å². The first-order valence-electron chi connectivity index (χ1n) is 6.14. The maximum absolute atomic E-state index is 11.1. The number of nitrogens with one attached hydrogen (secondary N) is 2. The molecule has 2 N–H and O–H groups in total. The average Bonchev–Trinajstić information content (AvgIpc) is 2.43. The first-order valence-corrected chi connectivity index (χ1v) is 6.14. The number of aryl methyl sites for hydroxylation is 1. The SMILES string of the molecule is CCOc1cccc(/C=N/Nc2nc(=O)[nH]nc2C)c1. The Balaban J connectivity index is 2.08. The molecule has 2 rings (SSSR count). The molecule has 1 aromatic carbocycles. The highest BCUT2D eigenvalue weighted by molar-refractivity contribution is 5.80. The van der Waals surface area contributed by atoms with Crippen molar-refractivity contribution in [2.75, 3.05) is 12.0 Å². The van der Waals surface area contributed by atoms with Gasteiger partial charge in [-0.3, -0.25) is 5.43 Å². The monoisotopic (exact) mass is 273 g/mol. The van der Waals surface area contributed by atoms with Crippen LogP contribution in [0.4, 0.5) is 5.82 Å². The van der Waals surface area contributed by atoms with Gasteiger partial charge in [0, 0.05) is 0 Å². The average molecular weight is 273 g/mol. The number of rotatable bonds is 5. The maximum Gasteiger partial charge on any atom is 0.363 e. The molecule has 0 atom stereocenters. The summed E-state index contributed by atoms with van der Waals surface area (Å²) in [6.45, 7) is 4.26. The number of aromatic nitrogens is 3. The molecular weight excluding hydrogens is 258 g/mol. The summed E-state index contributed by atoms with van der Waals surface area (Å²) in [4.78, 5) is 14.8. The third kappa shape index (κ3) is 3.64. The summed E-state index contributed by atoms with van der Waals surface area (Å²) < 4.78 is 5.40. The molecule has 0 fully saturated rings. The van der Waals surface area contributed by atoms with Crippen molar-refractivity contribution in [2.45, 2.75) is 13.8 Å². The van der Waals surface area contributed by atoms with Crippen molar-refractivity contribution < 1.29 is 4.74 Å². The number of hydrogen-bond acceptors (Lipinski definition) is 6. The fourth-order valence-corrected chi connectivity index (χ4v) is 1.52. The second kappa shape index (κ2) is 6.46.